The van der Waals surface area contributed by atoms with Gasteiger partial charge in [-0.1, -0.05) is 5.16 Å². The van der Waals surface area contributed by atoms with Crippen LogP contribution in [0.15, 0.2) is 27.8 Å². The van der Waals surface area contributed by atoms with Crippen molar-refractivity contribution in [2.45, 2.75) is 6.42 Å². The predicted molar refractivity (Wildman–Crippen MR) is 60.6 cm³/mol. The molecule has 1 aromatic carbocycles. The average molecular weight is 276 g/mol. The number of anilines is 1. The van der Waals surface area contributed by atoms with Gasteiger partial charge < -0.3 is 16.3 Å². The number of oxime groups is 1. The van der Waals surface area contributed by atoms with Gasteiger partial charge in [-0.15, -0.1) is 0 Å². The zero-order valence-electron chi connectivity index (χ0n) is 7.87. The Labute approximate surface area is 95.1 Å². The van der Waals surface area contributed by atoms with Crippen molar-refractivity contribution in [3.8, 4) is 0 Å². The molecule has 0 radical (unpaired) electrons. The second-order valence-electron chi connectivity index (χ2n) is 2.90. The molecule has 0 aliphatic heterocycles. The van der Waals surface area contributed by atoms with Gasteiger partial charge in [-0.05, 0) is 34.1 Å². The Balaban J connectivity index is 2.48. The summed E-state index contributed by atoms with van der Waals surface area (Å²) in [4.78, 5) is 0. The van der Waals surface area contributed by atoms with Crippen molar-refractivity contribution in [1.82, 2.24) is 0 Å². The summed E-state index contributed by atoms with van der Waals surface area (Å²) in [6.45, 7) is 0.483. The Hall–Kier alpha value is -1.30. The number of nitrogens with two attached hydrogens (primary N) is 1. The van der Waals surface area contributed by atoms with Crippen molar-refractivity contribution in [3.05, 3.63) is 28.5 Å². The van der Waals surface area contributed by atoms with Crippen molar-refractivity contribution in [2.75, 3.05) is 11.9 Å². The van der Waals surface area contributed by atoms with E-state index < -0.39 is 0 Å². The van der Waals surface area contributed by atoms with Crippen LogP contribution < -0.4 is 11.1 Å². The minimum atomic E-state index is -0.330. The Bertz CT molecular complexity index is 370. The molecule has 6 heteroatoms. The molecular formula is C9H11BrFN3O. The van der Waals surface area contributed by atoms with Gasteiger partial charge in [0, 0.05) is 18.7 Å². The molecule has 0 aliphatic carbocycles. The molecule has 4 N–H and O–H groups in total. The molecule has 1 aromatic rings. The lowest BCUT2D eigenvalue weighted by Gasteiger charge is -2.06. The van der Waals surface area contributed by atoms with Crippen LogP contribution >= 0.6 is 15.9 Å². The molecular weight excluding hydrogens is 265 g/mol. The van der Waals surface area contributed by atoms with Crippen molar-refractivity contribution in [1.29, 1.82) is 0 Å². The molecule has 82 valence electrons. The minimum absolute atomic E-state index is 0.139. The van der Waals surface area contributed by atoms with Gasteiger partial charge in [0.2, 0.25) is 0 Å². The van der Waals surface area contributed by atoms with Gasteiger partial charge in [0.25, 0.3) is 0 Å². The highest BCUT2D eigenvalue weighted by Crippen LogP contribution is 2.19. The quantitative estimate of drug-likeness (QED) is 0.341. The normalized spacial score (nSPS) is 11.5. The Kier molecular flexibility index (Phi) is 4.36. The number of nitrogens with one attached hydrogen (secondary N) is 1. The number of amidine groups is 1. The fraction of sp³-hybridized carbons (Fsp3) is 0.222. The standard InChI is InChI=1S/C9H11BrFN3O/c10-7-2-1-6(5-8(7)11)13-4-3-9(12)14-15/h1-2,5,13,15H,3-4H2,(H2,12,14). The fourth-order valence-electron chi connectivity index (χ4n) is 0.991. The molecule has 0 aromatic heterocycles. The van der Waals surface area contributed by atoms with Crippen molar-refractivity contribution in [3.63, 3.8) is 0 Å². The lowest BCUT2D eigenvalue weighted by molar-refractivity contribution is 0.317. The summed E-state index contributed by atoms with van der Waals surface area (Å²) in [6.07, 6.45) is 0.397. The first-order valence-corrected chi connectivity index (χ1v) is 5.08. The van der Waals surface area contributed by atoms with E-state index in [1.807, 2.05) is 0 Å². The zero-order chi connectivity index (χ0) is 11.3. The lowest BCUT2D eigenvalue weighted by atomic mass is 10.3. The summed E-state index contributed by atoms with van der Waals surface area (Å²) in [5, 5.41) is 14.1. The summed E-state index contributed by atoms with van der Waals surface area (Å²) >= 11 is 3.06. The van der Waals surface area contributed by atoms with Crippen LogP contribution in [0.1, 0.15) is 6.42 Å². The lowest BCUT2D eigenvalue weighted by Crippen LogP contribution is -2.16. The first kappa shape index (κ1) is 11.8. The van der Waals surface area contributed by atoms with E-state index in [1.54, 1.807) is 12.1 Å². The Morgan fingerprint density at radius 3 is 2.93 bits per heavy atom. The number of rotatable bonds is 4. The highest BCUT2D eigenvalue weighted by atomic mass is 79.9. The highest BCUT2D eigenvalue weighted by molar-refractivity contribution is 9.10. The molecule has 0 spiro atoms. The molecule has 0 fully saturated rings. The number of hydrogen-bond donors (Lipinski definition) is 3. The number of halogens is 2. The highest BCUT2D eigenvalue weighted by Gasteiger charge is 2.00. The third-order valence-electron chi connectivity index (χ3n) is 1.76. The van der Waals surface area contributed by atoms with E-state index >= 15 is 0 Å². The van der Waals surface area contributed by atoms with E-state index in [0.717, 1.165) is 0 Å². The third kappa shape index (κ3) is 3.75. The topological polar surface area (TPSA) is 70.6 Å². The number of hydrogen-bond acceptors (Lipinski definition) is 3. The molecule has 0 saturated heterocycles. The molecule has 1 rings (SSSR count). The molecule has 0 amide bonds. The maximum atomic E-state index is 13.1. The largest absolute Gasteiger partial charge is 0.409 e. The zero-order valence-corrected chi connectivity index (χ0v) is 9.46. The summed E-state index contributed by atoms with van der Waals surface area (Å²) in [6, 6.07) is 4.72. The fourth-order valence-corrected chi connectivity index (χ4v) is 1.24. The van der Waals surface area contributed by atoms with Gasteiger partial charge in [-0.2, -0.15) is 0 Å². The van der Waals surface area contributed by atoms with Gasteiger partial charge in [0.05, 0.1) is 4.47 Å². The monoisotopic (exact) mass is 275 g/mol. The van der Waals surface area contributed by atoms with Gasteiger partial charge in [-0.3, -0.25) is 0 Å². The van der Waals surface area contributed by atoms with Gasteiger partial charge in [0.15, 0.2) is 0 Å². The van der Waals surface area contributed by atoms with Gasteiger partial charge in [0.1, 0.15) is 11.7 Å². The van der Waals surface area contributed by atoms with Crippen molar-refractivity contribution < 1.29 is 9.60 Å². The maximum Gasteiger partial charge on any atom is 0.140 e. The van der Waals surface area contributed by atoms with Crippen LogP contribution in [0.25, 0.3) is 0 Å². The first-order valence-electron chi connectivity index (χ1n) is 4.29. The van der Waals surface area contributed by atoms with Crippen molar-refractivity contribution in [2.24, 2.45) is 10.9 Å². The van der Waals surface area contributed by atoms with Crippen molar-refractivity contribution >= 4 is 27.5 Å². The molecule has 0 saturated carbocycles. The van der Waals surface area contributed by atoms with Crippen LogP contribution in [0.5, 0.6) is 0 Å². The number of benzene rings is 1. The maximum absolute atomic E-state index is 13.1. The average Bonchev–Trinajstić information content (AvgIpc) is 2.23. The Morgan fingerprint density at radius 1 is 1.60 bits per heavy atom. The van der Waals surface area contributed by atoms with Crippen LogP contribution in [0, 0.1) is 5.82 Å². The summed E-state index contributed by atoms with van der Waals surface area (Å²) in [5.74, 6) is -0.191. The summed E-state index contributed by atoms with van der Waals surface area (Å²) < 4.78 is 13.5. The first-order chi connectivity index (χ1) is 7.13. The molecule has 0 unspecified atom stereocenters. The van der Waals surface area contributed by atoms with E-state index in [1.165, 1.54) is 6.07 Å². The van der Waals surface area contributed by atoms with Gasteiger partial charge >= 0.3 is 0 Å². The van der Waals surface area contributed by atoms with Crippen LogP contribution in [0.2, 0.25) is 0 Å². The van der Waals surface area contributed by atoms with Crippen LogP contribution in [-0.2, 0) is 0 Å². The van der Waals surface area contributed by atoms with Crippen LogP contribution in [-0.4, -0.2) is 17.6 Å². The van der Waals surface area contributed by atoms with Crippen LogP contribution in [0.3, 0.4) is 0 Å². The molecule has 0 heterocycles. The van der Waals surface area contributed by atoms with Gasteiger partial charge in [-0.25, -0.2) is 4.39 Å². The SMILES string of the molecule is NC(CCNc1ccc(Br)c(F)c1)=NO. The second-order valence-corrected chi connectivity index (χ2v) is 3.75. The second kappa shape index (κ2) is 5.55. The van der Waals surface area contributed by atoms with E-state index in [2.05, 4.69) is 26.4 Å². The predicted octanol–water partition coefficient (Wildman–Crippen LogP) is 2.14. The molecule has 15 heavy (non-hydrogen) atoms. The molecule has 4 nitrogen and oxygen atoms in total. The van der Waals surface area contributed by atoms with Crippen LogP contribution in [0.4, 0.5) is 10.1 Å². The van der Waals surface area contributed by atoms with E-state index in [9.17, 15) is 4.39 Å². The van der Waals surface area contributed by atoms with E-state index in [4.69, 9.17) is 10.9 Å². The van der Waals surface area contributed by atoms with E-state index in [0.29, 0.717) is 23.1 Å². The minimum Gasteiger partial charge on any atom is -0.409 e. The smallest absolute Gasteiger partial charge is 0.140 e. The summed E-state index contributed by atoms with van der Waals surface area (Å²) in [5.41, 5.74) is 5.92. The van der Waals surface area contributed by atoms with E-state index in [-0.39, 0.29) is 11.7 Å². The molecule has 0 atom stereocenters. The number of nitrogens with zero attached hydrogens (tertiary/aromatic N) is 1. The third-order valence-corrected chi connectivity index (χ3v) is 2.40. The summed E-state index contributed by atoms with van der Waals surface area (Å²) in [7, 11) is 0. The molecule has 0 bridgehead atoms. The Morgan fingerprint density at radius 2 is 2.33 bits per heavy atom. The molecule has 0 aliphatic rings.